The number of halogens is 2. The third-order valence-electron chi connectivity index (χ3n) is 5.39. The molecular formula is C25H35FIN5O. The predicted molar refractivity (Wildman–Crippen MR) is 142 cm³/mol. The molecule has 0 aliphatic carbocycles. The number of carbonyl (C=O) groups excluding carboxylic acids is 1. The number of hydrogen-bond acceptors (Lipinski definition) is 3. The summed E-state index contributed by atoms with van der Waals surface area (Å²) in [5, 5.41) is 9.31. The fraction of sp³-hybridized carbons (Fsp3) is 0.440. The summed E-state index contributed by atoms with van der Waals surface area (Å²) < 4.78 is 13.2. The Hall–Kier alpha value is -2.20. The average Bonchev–Trinajstić information content (AvgIpc) is 3.29. The summed E-state index contributed by atoms with van der Waals surface area (Å²) in [4.78, 5) is 19.2. The van der Waals surface area contributed by atoms with Crippen molar-refractivity contribution in [1.82, 2.24) is 20.9 Å². The smallest absolute Gasteiger partial charge is 0.224 e. The molecule has 3 rings (SSSR count). The van der Waals surface area contributed by atoms with E-state index in [1.165, 1.54) is 43.6 Å². The number of benzene rings is 2. The Labute approximate surface area is 213 Å². The second-order valence-corrected chi connectivity index (χ2v) is 8.08. The Morgan fingerprint density at radius 1 is 0.970 bits per heavy atom. The first-order valence-electron chi connectivity index (χ1n) is 11.5. The number of likely N-dealkylation sites (tertiary alicyclic amines) is 1. The Balaban J connectivity index is 0.00000385. The first-order chi connectivity index (χ1) is 15.6. The highest BCUT2D eigenvalue weighted by Crippen LogP contribution is 2.13. The van der Waals surface area contributed by atoms with Crippen molar-refractivity contribution in [2.75, 3.05) is 32.7 Å². The zero-order valence-electron chi connectivity index (χ0n) is 19.3. The molecule has 3 N–H and O–H groups in total. The lowest BCUT2D eigenvalue weighted by atomic mass is 10.1. The molecule has 1 amide bonds. The number of guanidine groups is 1. The van der Waals surface area contributed by atoms with Crippen LogP contribution in [-0.2, 0) is 24.3 Å². The van der Waals surface area contributed by atoms with Crippen LogP contribution in [0.4, 0.5) is 4.39 Å². The summed E-state index contributed by atoms with van der Waals surface area (Å²) in [7, 11) is 0. The zero-order valence-corrected chi connectivity index (χ0v) is 21.6. The maximum atomic E-state index is 13.2. The molecule has 2 aromatic rings. The number of aliphatic imine (C=N–C) groups is 1. The number of amides is 1. The molecule has 2 aromatic carbocycles. The van der Waals surface area contributed by atoms with E-state index < -0.39 is 0 Å². The summed E-state index contributed by atoms with van der Waals surface area (Å²) in [6.07, 6.45) is 2.78. The van der Waals surface area contributed by atoms with Gasteiger partial charge in [-0.15, -0.1) is 24.0 Å². The van der Waals surface area contributed by atoms with Gasteiger partial charge in [-0.25, -0.2) is 9.38 Å². The minimum absolute atomic E-state index is 0. The van der Waals surface area contributed by atoms with Gasteiger partial charge >= 0.3 is 0 Å². The Morgan fingerprint density at radius 2 is 1.67 bits per heavy atom. The number of carbonyl (C=O) groups is 1. The highest BCUT2D eigenvalue weighted by Gasteiger charge is 2.11. The molecule has 0 bridgehead atoms. The van der Waals surface area contributed by atoms with E-state index in [1.807, 2.05) is 6.92 Å². The molecule has 1 fully saturated rings. The molecule has 180 valence electrons. The zero-order chi connectivity index (χ0) is 22.6. The van der Waals surface area contributed by atoms with Gasteiger partial charge in [0.1, 0.15) is 5.82 Å². The van der Waals surface area contributed by atoms with Gasteiger partial charge in [0, 0.05) is 26.2 Å². The molecule has 0 aromatic heterocycles. The molecule has 0 atom stereocenters. The Kier molecular flexibility index (Phi) is 12.2. The topological polar surface area (TPSA) is 68.8 Å². The maximum Gasteiger partial charge on any atom is 0.224 e. The molecule has 1 aliphatic heterocycles. The van der Waals surface area contributed by atoms with Crippen molar-refractivity contribution in [1.29, 1.82) is 0 Å². The van der Waals surface area contributed by atoms with Crippen LogP contribution in [0.1, 0.15) is 36.5 Å². The molecular weight excluding hydrogens is 532 g/mol. The highest BCUT2D eigenvalue weighted by atomic mass is 127. The van der Waals surface area contributed by atoms with Crippen molar-refractivity contribution in [3.63, 3.8) is 0 Å². The van der Waals surface area contributed by atoms with Gasteiger partial charge in [-0.05, 0) is 61.7 Å². The molecule has 1 saturated heterocycles. The molecule has 6 nitrogen and oxygen atoms in total. The monoisotopic (exact) mass is 567 g/mol. The molecule has 0 saturated carbocycles. The second kappa shape index (κ2) is 14.8. The Morgan fingerprint density at radius 3 is 2.36 bits per heavy atom. The standard InChI is InChI=1S/C25H34FN5O.HI/c1-2-27-25(29-13-12-28-24(32)17-22-6-5-7-23(26)16-22)30-18-20-8-10-21(11-9-20)19-31-14-3-4-15-31;/h5-11,16H,2-4,12-15,17-19H2,1H3,(H,28,32)(H2,27,29,30);1H. The van der Waals surface area contributed by atoms with Gasteiger partial charge in [-0.2, -0.15) is 0 Å². The van der Waals surface area contributed by atoms with Crippen LogP contribution in [0.2, 0.25) is 0 Å². The van der Waals surface area contributed by atoms with E-state index in [9.17, 15) is 9.18 Å². The summed E-state index contributed by atoms with van der Waals surface area (Å²) in [6.45, 7) is 7.81. The second-order valence-electron chi connectivity index (χ2n) is 8.08. The van der Waals surface area contributed by atoms with E-state index in [0.717, 1.165) is 18.7 Å². The van der Waals surface area contributed by atoms with Crippen molar-refractivity contribution in [2.24, 2.45) is 4.99 Å². The van der Waals surface area contributed by atoms with Gasteiger partial charge in [0.15, 0.2) is 5.96 Å². The summed E-state index contributed by atoms with van der Waals surface area (Å²) >= 11 is 0. The van der Waals surface area contributed by atoms with Gasteiger partial charge in [0.2, 0.25) is 5.91 Å². The number of rotatable bonds is 10. The quantitative estimate of drug-likeness (QED) is 0.178. The van der Waals surface area contributed by atoms with E-state index in [2.05, 4.69) is 50.1 Å². The minimum atomic E-state index is -0.329. The average molecular weight is 567 g/mol. The van der Waals surface area contributed by atoms with Crippen LogP contribution < -0.4 is 16.0 Å². The Bertz CT molecular complexity index is 885. The van der Waals surface area contributed by atoms with E-state index in [-0.39, 0.29) is 42.1 Å². The van der Waals surface area contributed by atoms with Crippen molar-refractivity contribution in [2.45, 2.75) is 39.3 Å². The molecule has 0 spiro atoms. The van der Waals surface area contributed by atoms with Gasteiger partial charge in [0.25, 0.3) is 0 Å². The number of nitrogens with zero attached hydrogens (tertiary/aromatic N) is 2. The van der Waals surface area contributed by atoms with E-state index in [0.29, 0.717) is 31.2 Å². The van der Waals surface area contributed by atoms with Crippen molar-refractivity contribution < 1.29 is 9.18 Å². The van der Waals surface area contributed by atoms with Crippen molar-refractivity contribution >= 4 is 35.8 Å². The molecule has 33 heavy (non-hydrogen) atoms. The van der Waals surface area contributed by atoms with Gasteiger partial charge in [-0.1, -0.05) is 36.4 Å². The van der Waals surface area contributed by atoms with Crippen molar-refractivity contribution in [3.05, 3.63) is 71.0 Å². The van der Waals surface area contributed by atoms with Gasteiger partial charge in [0.05, 0.1) is 13.0 Å². The van der Waals surface area contributed by atoms with Crippen LogP contribution in [-0.4, -0.2) is 49.5 Å². The minimum Gasteiger partial charge on any atom is -0.357 e. The maximum absolute atomic E-state index is 13.2. The van der Waals surface area contributed by atoms with Crippen LogP contribution in [0.3, 0.4) is 0 Å². The largest absolute Gasteiger partial charge is 0.357 e. The normalized spacial score (nSPS) is 13.9. The van der Waals surface area contributed by atoms with Crippen LogP contribution in [0.5, 0.6) is 0 Å². The van der Waals surface area contributed by atoms with Crippen LogP contribution in [0.25, 0.3) is 0 Å². The van der Waals surface area contributed by atoms with Crippen molar-refractivity contribution in [3.8, 4) is 0 Å². The van der Waals surface area contributed by atoms with E-state index >= 15 is 0 Å². The highest BCUT2D eigenvalue weighted by molar-refractivity contribution is 14.0. The van der Waals surface area contributed by atoms with Crippen LogP contribution in [0.15, 0.2) is 53.5 Å². The lowest BCUT2D eigenvalue weighted by molar-refractivity contribution is -0.120. The SMILES string of the molecule is CCNC(=NCc1ccc(CN2CCCC2)cc1)NCCNC(=O)Cc1cccc(F)c1.I. The summed E-state index contributed by atoms with van der Waals surface area (Å²) in [5.41, 5.74) is 3.17. The van der Waals surface area contributed by atoms with Gasteiger partial charge < -0.3 is 16.0 Å². The molecule has 0 unspecified atom stereocenters. The molecule has 1 heterocycles. The third kappa shape index (κ3) is 10.1. The van der Waals surface area contributed by atoms with E-state index in [4.69, 9.17) is 0 Å². The fourth-order valence-corrected chi connectivity index (χ4v) is 3.74. The van der Waals surface area contributed by atoms with Crippen LogP contribution >= 0.6 is 24.0 Å². The first kappa shape index (κ1) is 27.0. The summed E-state index contributed by atoms with van der Waals surface area (Å²) in [5.74, 6) is 0.256. The third-order valence-corrected chi connectivity index (χ3v) is 5.39. The van der Waals surface area contributed by atoms with Gasteiger partial charge in [-0.3, -0.25) is 9.69 Å². The summed E-state index contributed by atoms with van der Waals surface area (Å²) in [6, 6.07) is 14.8. The number of hydrogen-bond donors (Lipinski definition) is 3. The molecule has 0 radical (unpaired) electrons. The molecule has 8 heteroatoms. The lowest BCUT2D eigenvalue weighted by Gasteiger charge is -2.14. The fourth-order valence-electron chi connectivity index (χ4n) is 3.74. The van der Waals surface area contributed by atoms with Crippen LogP contribution in [0, 0.1) is 5.82 Å². The lowest BCUT2D eigenvalue weighted by Crippen LogP contribution is -2.41. The van der Waals surface area contributed by atoms with E-state index in [1.54, 1.807) is 12.1 Å². The first-order valence-corrected chi connectivity index (χ1v) is 11.5. The predicted octanol–water partition coefficient (Wildman–Crippen LogP) is 3.45. The molecule has 1 aliphatic rings. The number of nitrogens with one attached hydrogen (secondary N) is 3.